The van der Waals surface area contributed by atoms with Crippen molar-refractivity contribution < 1.29 is 12.3 Å². The molecule has 0 aliphatic carbocycles. The molecule has 0 amide bonds. The zero-order valence-electron chi connectivity index (χ0n) is 64.9. The van der Waals surface area contributed by atoms with Crippen LogP contribution in [0.15, 0.2) is 262 Å². The van der Waals surface area contributed by atoms with E-state index in [0.29, 0.717) is 11.5 Å². The van der Waals surface area contributed by atoms with Gasteiger partial charge in [-0.2, -0.15) is 0 Å². The van der Waals surface area contributed by atoms with Gasteiger partial charge < -0.3 is 49.0 Å². The number of hydrogen-bond donors (Lipinski definition) is 0. The van der Waals surface area contributed by atoms with Gasteiger partial charge in [-0.05, 0) is 176 Å². The summed E-state index contributed by atoms with van der Waals surface area (Å²) < 4.78 is 69.2. The summed E-state index contributed by atoms with van der Waals surface area (Å²) in [7, 11) is 0. The molecule has 3 aromatic heterocycles. The summed E-state index contributed by atoms with van der Waals surface area (Å²) in [5, 5.41) is 0. The Bertz CT molecular complexity index is 4570. The van der Waals surface area contributed by atoms with Gasteiger partial charge in [0.2, 0.25) is 0 Å². The zero-order valence-corrected chi connectivity index (χ0v) is 55.9. The summed E-state index contributed by atoms with van der Waals surface area (Å²) in [6, 6.07) is 72.7. The molecule has 5 aliphatic rings. The van der Waals surface area contributed by atoms with Crippen molar-refractivity contribution in [2.75, 3.05) is 65.0 Å². The van der Waals surface area contributed by atoms with Crippen LogP contribution in [-0.4, -0.2) is 81.6 Å². The number of benzene rings is 8. The molecule has 96 heavy (non-hydrogen) atoms. The number of para-hydroxylation sites is 9. The van der Waals surface area contributed by atoms with Crippen LogP contribution in [-0.2, 0) is 0 Å². The Morgan fingerprint density at radius 2 is 0.583 bits per heavy atom. The Balaban J connectivity index is 0.000000124. The van der Waals surface area contributed by atoms with Crippen LogP contribution < -0.4 is 44.1 Å². The van der Waals surface area contributed by atoms with E-state index >= 15 is 0 Å². The van der Waals surface area contributed by atoms with E-state index in [0.717, 1.165) is 79.8 Å². The standard InChI is InChI=1S/2C19H18N4.C16H18N2.C15H17N3.C12H16N2/c2*1-14-8-6-7-11-17(14)23-15(2)22(16-9-4-3-5-10-16)18-19(23)21-13-12-20-18;1-12-8-4-5-9-14(12)18-13(2)17(3)15-10-6-7-11-16(15)18;1-11-7-4-5-8-13(11)18-12(2)17(3)14-9-6-10-16-15(14)18;1-10-6-4-5-7-12(10)14-9-8-13(3)11(14)2/h2*3-13,15H,1-2H3;4-11,13H,1-3H3;4-10,12H,1-3H3;4-9,11H,1-3H3/i;;3*3D3. The van der Waals surface area contributed by atoms with Crippen LogP contribution in [0.3, 0.4) is 0 Å². The molecule has 0 fully saturated rings. The number of rotatable bonds is 7. The Labute approximate surface area is 580 Å². The minimum absolute atomic E-state index is 0.107. The number of aryl methyl sites for hydroxylation is 5. The molecule has 11 aromatic rings. The van der Waals surface area contributed by atoms with Gasteiger partial charge >= 0.3 is 0 Å². The molecule has 15 nitrogen and oxygen atoms in total. The largest absolute Gasteiger partial charge is 0.359 e. The predicted octanol–water partition coefficient (Wildman–Crippen LogP) is 18.7. The second-order valence-corrected chi connectivity index (χ2v) is 24.1. The van der Waals surface area contributed by atoms with Gasteiger partial charge in [-0.15, -0.1) is 0 Å². The smallest absolute Gasteiger partial charge is 0.178 e. The highest BCUT2D eigenvalue weighted by Crippen LogP contribution is 2.49. The topological polar surface area (TPSA) is 96.8 Å². The number of pyridine rings is 1. The van der Waals surface area contributed by atoms with Crippen molar-refractivity contribution in [3.8, 4) is 0 Å². The molecule has 0 saturated carbocycles. The van der Waals surface area contributed by atoms with Gasteiger partial charge in [0.15, 0.2) is 29.1 Å². The van der Waals surface area contributed by atoms with Crippen LogP contribution in [0.4, 0.5) is 86.0 Å². The van der Waals surface area contributed by atoms with Crippen molar-refractivity contribution in [1.29, 1.82) is 0 Å². The highest BCUT2D eigenvalue weighted by atomic mass is 15.5. The lowest BCUT2D eigenvalue weighted by molar-refractivity contribution is 0.383. The van der Waals surface area contributed by atoms with Crippen molar-refractivity contribution in [3.05, 3.63) is 290 Å². The highest BCUT2D eigenvalue weighted by molar-refractivity contribution is 5.87. The van der Waals surface area contributed by atoms with Crippen LogP contribution in [0, 0.1) is 34.6 Å². The van der Waals surface area contributed by atoms with Crippen LogP contribution in [0.25, 0.3) is 0 Å². The first-order valence-corrected chi connectivity index (χ1v) is 32.4. The van der Waals surface area contributed by atoms with Crippen LogP contribution in [0.5, 0.6) is 0 Å². The van der Waals surface area contributed by atoms with E-state index in [9.17, 15) is 0 Å². The van der Waals surface area contributed by atoms with E-state index in [-0.39, 0.29) is 30.8 Å². The van der Waals surface area contributed by atoms with Gasteiger partial charge in [-0.1, -0.05) is 140 Å². The maximum atomic E-state index is 7.83. The van der Waals surface area contributed by atoms with E-state index in [1.165, 1.54) is 37.2 Å². The molecule has 0 N–H and O–H groups in total. The molecule has 0 saturated heterocycles. The average Bonchev–Trinajstić information content (AvgIpc) is 1.62. The lowest BCUT2D eigenvalue weighted by atomic mass is 10.1. The van der Waals surface area contributed by atoms with Gasteiger partial charge in [-0.25, -0.2) is 24.9 Å². The lowest BCUT2D eigenvalue weighted by Gasteiger charge is -2.30. The number of fused-ring (bicyclic) bond motifs is 4. The molecule has 5 atom stereocenters. The van der Waals surface area contributed by atoms with Crippen LogP contribution >= 0.6 is 0 Å². The third kappa shape index (κ3) is 12.7. The summed E-state index contributed by atoms with van der Waals surface area (Å²) in [6.07, 6.45) is 11.6. The highest BCUT2D eigenvalue weighted by Gasteiger charge is 2.40. The fourth-order valence-corrected chi connectivity index (χ4v) is 13.0. The summed E-state index contributed by atoms with van der Waals surface area (Å²) in [4.78, 5) is 42.2. The van der Waals surface area contributed by atoms with E-state index < -0.39 is 20.9 Å². The normalized spacial score (nSPS) is 19.5. The first-order chi connectivity index (χ1) is 50.3. The molecule has 5 aliphatic heterocycles. The molecular weight excluding hydrogens is 1180 g/mol. The Morgan fingerprint density at radius 1 is 0.260 bits per heavy atom. The number of nitrogens with zero attached hydrogens (tertiary/aromatic N) is 15. The maximum Gasteiger partial charge on any atom is 0.178 e. The van der Waals surface area contributed by atoms with E-state index in [4.69, 9.17) is 12.3 Å². The molecule has 0 bridgehead atoms. The third-order valence-electron chi connectivity index (χ3n) is 18.0. The minimum atomic E-state index is -2.20. The number of aromatic nitrogens is 5. The van der Waals surface area contributed by atoms with E-state index in [1.54, 1.807) is 43.3 Å². The third-order valence-corrected chi connectivity index (χ3v) is 18.0. The first-order valence-electron chi connectivity index (χ1n) is 36.9. The first kappa shape index (κ1) is 54.2. The Morgan fingerprint density at radius 3 is 0.990 bits per heavy atom. The van der Waals surface area contributed by atoms with Crippen molar-refractivity contribution in [3.63, 3.8) is 0 Å². The quantitative estimate of drug-likeness (QED) is 0.151. The molecular formula is C81H87N15. The molecule has 16 rings (SSSR count). The molecule has 486 valence electrons. The fourth-order valence-electron chi connectivity index (χ4n) is 13.0. The van der Waals surface area contributed by atoms with Gasteiger partial charge in [0.05, 0.1) is 17.1 Å². The zero-order chi connectivity index (χ0) is 74.6. The lowest BCUT2D eigenvalue weighted by Crippen LogP contribution is -2.36. The summed E-state index contributed by atoms with van der Waals surface area (Å²) in [5.41, 5.74) is 15.8. The van der Waals surface area contributed by atoms with Crippen LogP contribution in [0.2, 0.25) is 0 Å². The number of hydrogen-bond acceptors (Lipinski definition) is 15. The van der Waals surface area contributed by atoms with Crippen molar-refractivity contribution >= 4 is 86.0 Å². The monoisotopic (exact) mass is 1280 g/mol. The minimum Gasteiger partial charge on any atom is -0.359 e. The van der Waals surface area contributed by atoms with Gasteiger partial charge in [0.1, 0.15) is 30.8 Å². The molecule has 8 heterocycles. The molecule has 15 heteroatoms. The number of anilines is 15. The van der Waals surface area contributed by atoms with E-state index in [2.05, 4.69) is 174 Å². The second kappa shape index (κ2) is 28.6. The summed E-state index contributed by atoms with van der Waals surface area (Å²) in [5.74, 6) is 4.29. The molecule has 0 spiro atoms. The average molecular weight is 1280 g/mol. The van der Waals surface area contributed by atoms with Gasteiger partial charge in [0, 0.05) is 116 Å². The Hall–Kier alpha value is -11.2. The second-order valence-electron chi connectivity index (χ2n) is 24.1. The van der Waals surface area contributed by atoms with Crippen molar-refractivity contribution in [1.82, 2.24) is 29.8 Å². The molecule has 5 unspecified atom stereocenters. The van der Waals surface area contributed by atoms with E-state index in [1.807, 2.05) is 173 Å². The maximum absolute atomic E-state index is 7.83. The molecule has 8 aromatic carbocycles. The predicted molar refractivity (Wildman–Crippen MR) is 400 cm³/mol. The van der Waals surface area contributed by atoms with Crippen molar-refractivity contribution in [2.24, 2.45) is 0 Å². The fraction of sp³-hybridized carbons (Fsp3) is 0.222. The van der Waals surface area contributed by atoms with Crippen molar-refractivity contribution in [2.45, 2.75) is 100 Å². The van der Waals surface area contributed by atoms with Crippen LogP contribution in [0.1, 0.15) is 74.8 Å². The summed E-state index contributed by atoms with van der Waals surface area (Å²) >= 11 is 0. The van der Waals surface area contributed by atoms with Gasteiger partial charge in [0.25, 0.3) is 0 Å². The summed E-state index contributed by atoms with van der Waals surface area (Å²) in [6.45, 7) is 14.0. The molecule has 0 radical (unpaired) electrons. The SMILES string of the molecule is Cc1ccccc1N1c2nccnc2N(c2ccccc2)C1C.Cc1ccccc1N1c2nccnc2N(c2ccccc2)C1C.[2H]C([2H])([2H])N1C=CN(c2ccccc2C)C1C.[2H]C([2H])([2H])N1c2ccccc2N(c2ccccc2C)C1C.[2H]C([2H])([2H])N1c2cccnc2N(c2ccccc2C)C1C. The Kier molecular flexibility index (Phi) is 16.1. The van der Waals surface area contributed by atoms with Gasteiger partial charge in [-0.3, -0.25) is 0 Å².